The zero-order valence-corrected chi connectivity index (χ0v) is 20.9. The SMILES string of the molecule is O=C(c1cc(-c2ccccc2)nc2ccccc12)N(Cc1cccnc1)c1nc2cc3c(cc2s1)OCO3. The third kappa shape index (κ3) is 4.01. The van der Waals surface area contributed by atoms with Gasteiger partial charge in [-0.2, -0.15) is 0 Å². The van der Waals surface area contributed by atoms with Gasteiger partial charge in [0.05, 0.1) is 33.5 Å². The van der Waals surface area contributed by atoms with Gasteiger partial charge in [0.2, 0.25) is 6.79 Å². The molecule has 7 nitrogen and oxygen atoms in total. The minimum absolute atomic E-state index is 0.163. The molecule has 0 saturated carbocycles. The van der Waals surface area contributed by atoms with Gasteiger partial charge in [0.15, 0.2) is 16.6 Å². The van der Waals surface area contributed by atoms with Gasteiger partial charge in [-0.05, 0) is 23.8 Å². The van der Waals surface area contributed by atoms with E-state index in [9.17, 15) is 4.79 Å². The van der Waals surface area contributed by atoms with Crippen molar-refractivity contribution in [2.24, 2.45) is 0 Å². The van der Waals surface area contributed by atoms with Crippen molar-refractivity contribution in [1.82, 2.24) is 15.0 Å². The van der Waals surface area contributed by atoms with E-state index >= 15 is 0 Å². The molecular formula is C30H20N4O3S. The summed E-state index contributed by atoms with van der Waals surface area (Å²) in [5.74, 6) is 1.18. The van der Waals surface area contributed by atoms with Gasteiger partial charge in [-0.25, -0.2) is 9.97 Å². The molecule has 7 rings (SSSR count). The van der Waals surface area contributed by atoms with Crippen molar-refractivity contribution < 1.29 is 14.3 Å². The Bertz CT molecular complexity index is 1760. The first-order valence-corrected chi connectivity index (χ1v) is 12.9. The van der Waals surface area contributed by atoms with Crippen LogP contribution in [0.2, 0.25) is 0 Å². The van der Waals surface area contributed by atoms with Crippen LogP contribution in [0.1, 0.15) is 15.9 Å². The number of ether oxygens (including phenoxy) is 2. The molecular weight excluding hydrogens is 496 g/mol. The molecule has 0 radical (unpaired) electrons. The Morgan fingerprint density at radius 3 is 2.53 bits per heavy atom. The maximum Gasteiger partial charge on any atom is 0.261 e. The first-order valence-electron chi connectivity index (χ1n) is 12.1. The molecule has 1 aliphatic rings. The van der Waals surface area contributed by atoms with Crippen molar-refractivity contribution in [3.8, 4) is 22.8 Å². The van der Waals surface area contributed by atoms with E-state index in [1.54, 1.807) is 17.3 Å². The van der Waals surface area contributed by atoms with Gasteiger partial charge in [-0.15, -0.1) is 0 Å². The monoisotopic (exact) mass is 516 g/mol. The fraction of sp³-hybridized carbons (Fsp3) is 0.0667. The maximum absolute atomic E-state index is 14.4. The van der Waals surface area contributed by atoms with Crippen LogP contribution in [0.4, 0.5) is 5.13 Å². The predicted molar refractivity (Wildman–Crippen MR) is 148 cm³/mol. The highest BCUT2D eigenvalue weighted by molar-refractivity contribution is 7.22. The average molecular weight is 517 g/mol. The van der Waals surface area contributed by atoms with Crippen molar-refractivity contribution in [2.75, 3.05) is 11.7 Å². The average Bonchev–Trinajstić information content (AvgIpc) is 3.60. The number of anilines is 1. The second kappa shape index (κ2) is 9.24. The lowest BCUT2D eigenvalue weighted by molar-refractivity contribution is 0.0986. The fourth-order valence-corrected chi connectivity index (χ4v) is 5.55. The molecule has 0 spiro atoms. The van der Waals surface area contributed by atoms with E-state index in [-0.39, 0.29) is 12.7 Å². The standard InChI is InChI=1S/C30H20N4O3S/c35-29(22-13-24(20-8-2-1-3-9-20)32-23-11-5-4-10-21(22)23)34(17-19-7-6-12-31-16-19)30-33-25-14-26-27(37-18-36-26)15-28(25)38-30/h1-16H,17-18H2. The van der Waals surface area contributed by atoms with E-state index in [1.807, 2.05) is 84.9 Å². The van der Waals surface area contributed by atoms with Crippen molar-refractivity contribution in [3.63, 3.8) is 0 Å². The van der Waals surface area contributed by atoms with Crippen molar-refractivity contribution in [2.45, 2.75) is 6.54 Å². The fourth-order valence-electron chi connectivity index (χ4n) is 4.58. The Morgan fingerprint density at radius 1 is 0.868 bits per heavy atom. The highest BCUT2D eigenvalue weighted by atomic mass is 32.1. The molecule has 0 bridgehead atoms. The number of para-hydroxylation sites is 1. The summed E-state index contributed by atoms with van der Waals surface area (Å²) in [5.41, 5.74) is 4.66. The normalized spacial score (nSPS) is 12.2. The summed E-state index contributed by atoms with van der Waals surface area (Å²) in [5, 5.41) is 1.37. The quantitative estimate of drug-likeness (QED) is 0.261. The van der Waals surface area contributed by atoms with Gasteiger partial charge >= 0.3 is 0 Å². The van der Waals surface area contributed by atoms with E-state index in [0.717, 1.165) is 37.9 Å². The van der Waals surface area contributed by atoms with Crippen LogP contribution in [-0.4, -0.2) is 27.7 Å². The van der Waals surface area contributed by atoms with E-state index in [0.29, 0.717) is 28.7 Å². The number of benzene rings is 3. The molecule has 38 heavy (non-hydrogen) atoms. The lowest BCUT2D eigenvalue weighted by Crippen LogP contribution is -2.30. The van der Waals surface area contributed by atoms with Crippen LogP contribution in [0.3, 0.4) is 0 Å². The minimum atomic E-state index is -0.163. The molecule has 0 atom stereocenters. The van der Waals surface area contributed by atoms with Gasteiger partial charge < -0.3 is 9.47 Å². The summed E-state index contributed by atoms with van der Waals surface area (Å²) in [6.45, 7) is 0.514. The molecule has 1 aliphatic heterocycles. The molecule has 3 aromatic carbocycles. The van der Waals surface area contributed by atoms with Crippen molar-refractivity contribution >= 4 is 43.5 Å². The Balaban J connectivity index is 1.38. The molecule has 1 amide bonds. The smallest absolute Gasteiger partial charge is 0.261 e. The number of hydrogen-bond acceptors (Lipinski definition) is 7. The number of thiazole rings is 1. The van der Waals surface area contributed by atoms with E-state index in [1.165, 1.54) is 11.3 Å². The number of pyridine rings is 2. The molecule has 0 unspecified atom stereocenters. The van der Waals surface area contributed by atoms with Gasteiger partial charge in [0.25, 0.3) is 5.91 Å². The van der Waals surface area contributed by atoms with Crippen LogP contribution in [0, 0.1) is 0 Å². The molecule has 0 aliphatic carbocycles. The van der Waals surface area contributed by atoms with E-state index in [2.05, 4.69) is 4.98 Å². The first kappa shape index (κ1) is 22.4. The number of nitrogens with zero attached hydrogens (tertiary/aromatic N) is 4. The highest BCUT2D eigenvalue weighted by Crippen LogP contribution is 2.40. The van der Waals surface area contributed by atoms with Crippen molar-refractivity contribution in [1.29, 1.82) is 0 Å². The van der Waals surface area contributed by atoms with Gasteiger partial charge in [0, 0.05) is 35.5 Å². The van der Waals surface area contributed by atoms with Crippen LogP contribution in [0.25, 0.3) is 32.4 Å². The summed E-state index contributed by atoms with van der Waals surface area (Å²) >= 11 is 1.44. The molecule has 6 aromatic rings. The number of rotatable bonds is 5. The number of amides is 1. The predicted octanol–water partition coefficient (Wildman–Crippen LogP) is 6.48. The van der Waals surface area contributed by atoms with Gasteiger partial charge in [0.1, 0.15) is 0 Å². The lowest BCUT2D eigenvalue weighted by atomic mass is 10.0. The number of carbonyl (C=O) groups is 1. The largest absolute Gasteiger partial charge is 0.454 e. The van der Waals surface area contributed by atoms with Crippen LogP contribution in [0.15, 0.2) is 97.3 Å². The second-order valence-corrected chi connectivity index (χ2v) is 9.87. The first-order chi connectivity index (χ1) is 18.7. The zero-order chi connectivity index (χ0) is 25.5. The Morgan fingerprint density at radius 2 is 1.68 bits per heavy atom. The summed E-state index contributed by atoms with van der Waals surface area (Å²) in [4.78, 5) is 30.1. The summed E-state index contributed by atoms with van der Waals surface area (Å²) in [6, 6.07) is 27.1. The lowest BCUT2D eigenvalue weighted by Gasteiger charge is -2.21. The number of fused-ring (bicyclic) bond motifs is 3. The molecule has 3 aromatic heterocycles. The van der Waals surface area contributed by atoms with E-state index in [4.69, 9.17) is 19.4 Å². The van der Waals surface area contributed by atoms with Crippen LogP contribution in [-0.2, 0) is 6.54 Å². The Kier molecular flexibility index (Phi) is 5.44. The summed E-state index contributed by atoms with van der Waals surface area (Å²) in [6.07, 6.45) is 3.49. The second-order valence-electron chi connectivity index (χ2n) is 8.86. The van der Waals surface area contributed by atoms with Crippen LogP contribution < -0.4 is 14.4 Å². The number of carbonyl (C=O) groups excluding carboxylic acids is 1. The molecule has 8 heteroatoms. The summed E-state index contributed by atoms with van der Waals surface area (Å²) in [7, 11) is 0. The Labute approximate surface area is 222 Å². The minimum Gasteiger partial charge on any atom is -0.454 e. The van der Waals surface area contributed by atoms with Crippen LogP contribution >= 0.6 is 11.3 Å². The molecule has 0 N–H and O–H groups in total. The van der Waals surface area contributed by atoms with Gasteiger partial charge in [-0.3, -0.25) is 14.7 Å². The Hall–Kier alpha value is -4.82. The number of hydrogen-bond donors (Lipinski definition) is 0. The highest BCUT2D eigenvalue weighted by Gasteiger charge is 2.26. The summed E-state index contributed by atoms with van der Waals surface area (Å²) < 4.78 is 12.0. The van der Waals surface area contributed by atoms with E-state index < -0.39 is 0 Å². The zero-order valence-electron chi connectivity index (χ0n) is 20.1. The molecule has 0 saturated heterocycles. The third-order valence-corrected chi connectivity index (χ3v) is 7.47. The number of aromatic nitrogens is 3. The van der Waals surface area contributed by atoms with Crippen LogP contribution in [0.5, 0.6) is 11.5 Å². The third-order valence-electron chi connectivity index (χ3n) is 6.43. The molecule has 184 valence electrons. The topological polar surface area (TPSA) is 77.4 Å². The molecule has 0 fully saturated rings. The maximum atomic E-state index is 14.4. The van der Waals surface area contributed by atoms with Gasteiger partial charge in [-0.1, -0.05) is 65.9 Å². The molecule has 4 heterocycles. The van der Waals surface area contributed by atoms with Crippen molar-refractivity contribution in [3.05, 3.63) is 108 Å².